The minimum atomic E-state index is -0.804. The molecule has 15 heavy (non-hydrogen) atoms. The van der Waals surface area contributed by atoms with Crippen molar-refractivity contribution in [1.29, 1.82) is 0 Å². The SMILES string of the molecule is O=[N+]([O-])c1ccc(OC2CC2(Cl)Cl)cc1. The Balaban J connectivity index is 2.02. The van der Waals surface area contributed by atoms with E-state index in [1.165, 1.54) is 24.3 Å². The average Bonchev–Trinajstić information content (AvgIpc) is 2.74. The van der Waals surface area contributed by atoms with Gasteiger partial charge in [0, 0.05) is 18.6 Å². The lowest BCUT2D eigenvalue weighted by Gasteiger charge is -2.04. The number of nitro groups is 1. The highest BCUT2D eigenvalue weighted by Gasteiger charge is 2.54. The van der Waals surface area contributed by atoms with Crippen molar-refractivity contribution < 1.29 is 9.66 Å². The Labute approximate surface area is 95.9 Å². The lowest BCUT2D eigenvalue weighted by molar-refractivity contribution is -0.384. The summed E-state index contributed by atoms with van der Waals surface area (Å²) in [6.07, 6.45) is 0.356. The van der Waals surface area contributed by atoms with Crippen LogP contribution >= 0.6 is 23.2 Å². The molecule has 0 radical (unpaired) electrons. The van der Waals surface area contributed by atoms with Gasteiger partial charge in [-0.2, -0.15) is 0 Å². The molecule has 0 bridgehead atoms. The van der Waals surface area contributed by atoms with E-state index in [1.54, 1.807) is 0 Å². The Morgan fingerprint density at radius 1 is 1.40 bits per heavy atom. The molecule has 0 saturated heterocycles. The summed E-state index contributed by atoms with van der Waals surface area (Å²) in [6.45, 7) is 0. The molecule has 0 N–H and O–H groups in total. The van der Waals surface area contributed by atoms with Gasteiger partial charge in [-0.05, 0) is 12.1 Å². The Bertz CT molecular complexity index is 391. The van der Waals surface area contributed by atoms with Gasteiger partial charge in [-0.3, -0.25) is 10.1 Å². The van der Waals surface area contributed by atoms with Gasteiger partial charge in [-0.25, -0.2) is 0 Å². The number of alkyl halides is 2. The summed E-state index contributed by atoms with van der Waals surface area (Å²) in [5.74, 6) is 0.536. The maximum absolute atomic E-state index is 10.4. The van der Waals surface area contributed by atoms with Crippen LogP contribution in [-0.2, 0) is 0 Å². The van der Waals surface area contributed by atoms with Gasteiger partial charge in [0.2, 0.25) is 0 Å². The summed E-state index contributed by atoms with van der Waals surface area (Å²) in [5, 5.41) is 10.4. The fraction of sp³-hybridized carbons (Fsp3) is 0.333. The summed E-state index contributed by atoms with van der Waals surface area (Å²) in [4.78, 5) is 9.91. The van der Waals surface area contributed by atoms with E-state index in [2.05, 4.69) is 0 Å². The third kappa shape index (κ3) is 2.33. The number of halogens is 2. The predicted molar refractivity (Wildman–Crippen MR) is 56.6 cm³/mol. The highest BCUT2D eigenvalue weighted by Crippen LogP contribution is 2.49. The van der Waals surface area contributed by atoms with Crippen LogP contribution in [0.1, 0.15) is 6.42 Å². The van der Waals surface area contributed by atoms with Crippen LogP contribution in [0.4, 0.5) is 5.69 Å². The summed E-state index contributed by atoms with van der Waals surface area (Å²) >= 11 is 11.5. The molecule has 4 nitrogen and oxygen atoms in total. The fourth-order valence-electron chi connectivity index (χ4n) is 1.13. The van der Waals surface area contributed by atoms with E-state index in [0.717, 1.165) is 0 Å². The van der Waals surface area contributed by atoms with E-state index >= 15 is 0 Å². The number of benzene rings is 1. The molecule has 1 aromatic carbocycles. The molecule has 1 aromatic rings. The molecule has 1 atom stereocenters. The zero-order chi connectivity index (χ0) is 11.1. The van der Waals surface area contributed by atoms with E-state index < -0.39 is 9.26 Å². The largest absolute Gasteiger partial charge is 0.487 e. The first-order valence-corrected chi connectivity index (χ1v) is 5.03. The molecule has 0 aromatic heterocycles. The summed E-state index contributed by atoms with van der Waals surface area (Å²) in [6, 6.07) is 5.81. The van der Waals surface area contributed by atoms with Crippen LogP contribution < -0.4 is 4.74 Å². The number of nitro benzene ring substituents is 1. The highest BCUT2D eigenvalue weighted by atomic mass is 35.5. The third-order valence-electron chi connectivity index (χ3n) is 2.09. The van der Waals surface area contributed by atoms with Crippen molar-refractivity contribution in [1.82, 2.24) is 0 Å². The van der Waals surface area contributed by atoms with E-state index in [-0.39, 0.29) is 11.8 Å². The summed E-state index contributed by atoms with van der Waals surface area (Å²) < 4.78 is 4.59. The van der Waals surface area contributed by atoms with Crippen LogP contribution in [0.25, 0.3) is 0 Å². The van der Waals surface area contributed by atoms with E-state index in [9.17, 15) is 10.1 Å². The van der Waals surface area contributed by atoms with E-state index in [0.29, 0.717) is 12.2 Å². The molecule has 6 heteroatoms. The van der Waals surface area contributed by atoms with Gasteiger partial charge >= 0.3 is 0 Å². The first-order valence-electron chi connectivity index (χ1n) is 4.28. The molecular weight excluding hydrogens is 241 g/mol. The Morgan fingerprint density at radius 2 is 1.93 bits per heavy atom. The number of nitrogens with zero attached hydrogens (tertiary/aromatic N) is 1. The minimum absolute atomic E-state index is 0.0288. The number of hydrogen-bond acceptors (Lipinski definition) is 3. The molecule has 1 aliphatic carbocycles. The first-order chi connectivity index (χ1) is 6.99. The van der Waals surface area contributed by atoms with Crippen molar-refractivity contribution in [2.45, 2.75) is 16.9 Å². The van der Waals surface area contributed by atoms with Crippen molar-refractivity contribution >= 4 is 28.9 Å². The molecule has 1 fully saturated rings. The monoisotopic (exact) mass is 247 g/mol. The maximum atomic E-state index is 10.4. The molecule has 1 saturated carbocycles. The van der Waals surface area contributed by atoms with Crippen molar-refractivity contribution in [2.75, 3.05) is 0 Å². The van der Waals surface area contributed by atoms with Crippen molar-refractivity contribution in [3.8, 4) is 5.75 Å². The van der Waals surface area contributed by atoms with Crippen LogP contribution in [0.5, 0.6) is 5.75 Å². The number of rotatable bonds is 3. The second kappa shape index (κ2) is 3.54. The topological polar surface area (TPSA) is 52.4 Å². The van der Waals surface area contributed by atoms with Gasteiger partial charge in [0.05, 0.1) is 4.92 Å². The Hall–Kier alpha value is -1.00. The molecule has 2 rings (SSSR count). The van der Waals surface area contributed by atoms with Crippen molar-refractivity contribution in [3.05, 3.63) is 34.4 Å². The van der Waals surface area contributed by atoms with Crippen molar-refractivity contribution in [2.24, 2.45) is 0 Å². The second-order valence-electron chi connectivity index (χ2n) is 3.32. The molecule has 0 amide bonds. The van der Waals surface area contributed by atoms with Crippen LogP contribution in [0.2, 0.25) is 0 Å². The van der Waals surface area contributed by atoms with Crippen LogP contribution in [-0.4, -0.2) is 15.4 Å². The predicted octanol–water partition coefficient (Wildman–Crippen LogP) is 2.92. The Morgan fingerprint density at radius 3 is 2.33 bits per heavy atom. The van der Waals surface area contributed by atoms with E-state index in [4.69, 9.17) is 27.9 Å². The molecule has 0 aliphatic heterocycles. The van der Waals surface area contributed by atoms with Crippen LogP contribution in [0.3, 0.4) is 0 Å². The third-order valence-corrected chi connectivity index (χ3v) is 2.89. The summed E-state index contributed by atoms with van der Waals surface area (Å²) in [5.41, 5.74) is 0.0288. The molecule has 0 spiro atoms. The van der Waals surface area contributed by atoms with Crippen LogP contribution in [0.15, 0.2) is 24.3 Å². The highest BCUT2D eigenvalue weighted by molar-refractivity contribution is 6.51. The van der Waals surface area contributed by atoms with Gasteiger partial charge in [-0.15, -0.1) is 0 Å². The lowest BCUT2D eigenvalue weighted by Crippen LogP contribution is -2.05. The first kappa shape index (κ1) is 10.5. The second-order valence-corrected chi connectivity index (χ2v) is 4.87. The zero-order valence-electron chi connectivity index (χ0n) is 7.52. The number of hydrogen-bond donors (Lipinski definition) is 0. The van der Waals surface area contributed by atoms with Crippen molar-refractivity contribution in [3.63, 3.8) is 0 Å². The van der Waals surface area contributed by atoms with Gasteiger partial charge in [0.15, 0.2) is 4.33 Å². The molecule has 0 heterocycles. The molecule has 80 valence electrons. The minimum Gasteiger partial charge on any atom is -0.487 e. The number of non-ortho nitro benzene ring substituents is 1. The van der Waals surface area contributed by atoms with Crippen LogP contribution in [0, 0.1) is 10.1 Å². The standard InChI is InChI=1S/C9H7Cl2NO3/c10-9(11)5-8(9)15-7-3-1-6(2-4-7)12(13)14/h1-4,8H,5H2. The van der Waals surface area contributed by atoms with Gasteiger partial charge in [-0.1, -0.05) is 23.2 Å². The summed E-state index contributed by atoms with van der Waals surface area (Å²) in [7, 11) is 0. The Kier molecular flexibility index (Phi) is 2.48. The molecular formula is C9H7Cl2NO3. The number of ether oxygens (including phenoxy) is 1. The zero-order valence-corrected chi connectivity index (χ0v) is 9.03. The average molecular weight is 248 g/mol. The van der Waals surface area contributed by atoms with E-state index in [1.807, 2.05) is 0 Å². The lowest BCUT2D eigenvalue weighted by atomic mass is 10.3. The normalized spacial score (nSPS) is 22.1. The van der Waals surface area contributed by atoms with Gasteiger partial charge < -0.3 is 4.74 Å². The molecule has 1 aliphatic rings. The van der Waals surface area contributed by atoms with Gasteiger partial charge in [0.1, 0.15) is 11.9 Å². The smallest absolute Gasteiger partial charge is 0.269 e. The quantitative estimate of drug-likeness (QED) is 0.469. The molecule has 1 unspecified atom stereocenters. The van der Waals surface area contributed by atoms with Gasteiger partial charge in [0.25, 0.3) is 5.69 Å². The fourth-order valence-corrected chi connectivity index (χ4v) is 1.50. The maximum Gasteiger partial charge on any atom is 0.269 e.